The van der Waals surface area contributed by atoms with Crippen LogP contribution in [0.5, 0.6) is 0 Å². The van der Waals surface area contributed by atoms with Crippen LogP contribution in [0.3, 0.4) is 0 Å². The van der Waals surface area contributed by atoms with Gasteiger partial charge in [-0.25, -0.2) is 0 Å². The second kappa shape index (κ2) is 4.94. The second-order valence-corrected chi connectivity index (χ2v) is 6.27. The van der Waals surface area contributed by atoms with Gasteiger partial charge in [-0.1, -0.05) is 23.7 Å². The lowest BCUT2D eigenvalue weighted by Gasteiger charge is -2.20. The first kappa shape index (κ1) is 12.1. The Morgan fingerprint density at radius 3 is 2.78 bits per heavy atom. The van der Waals surface area contributed by atoms with E-state index < -0.39 is 0 Å². The molecule has 3 rings (SSSR count). The molecule has 0 aliphatic heterocycles. The average molecular weight is 278 g/mol. The van der Waals surface area contributed by atoms with Gasteiger partial charge in [-0.3, -0.25) is 0 Å². The number of rotatable bonds is 4. The summed E-state index contributed by atoms with van der Waals surface area (Å²) in [6.45, 7) is 2.07. The molecule has 1 saturated carbocycles. The summed E-state index contributed by atoms with van der Waals surface area (Å²) in [7, 11) is 0. The Bertz CT molecular complexity index is 531. The van der Waals surface area contributed by atoms with Gasteiger partial charge in [0.05, 0.1) is 6.04 Å². The van der Waals surface area contributed by atoms with Gasteiger partial charge >= 0.3 is 0 Å². The third kappa shape index (κ3) is 2.40. The predicted molar refractivity (Wildman–Crippen MR) is 79.6 cm³/mol. The van der Waals surface area contributed by atoms with Crippen LogP contribution >= 0.6 is 22.9 Å². The molecule has 1 fully saturated rings. The normalized spacial score (nSPS) is 16.6. The van der Waals surface area contributed by atoms with Crippen molar-refractivity contribution in [2.45, 2.75) is 25.8 Å². The molecule has 1 atom stereocenters. The molecular weight excluding hydrogens is 262 g/mol. The Balaban J connectivity index is 1.87. The lowest BCUT2D eigenvalue weighted by atomic mass is 10.1. The molecule has 0 saturated heterocycles. The molecule has 0 spiro atoms. The Labute approximate surface area is 117 Å². The molecule has 0 amide bonds. The number of benzene rings is 1. The summed E-state index contributed by atoms with van der Waals surface area (Å²) < 4.78 is 0. The van der Waals surface area contributed by atoms with E-state index in [1.54, 1.807) is 0 Å². The van der Waals surface area contributed by atoms with Crippen LogP contribution in [0.15, 0.2) is 35.7 Å². The van der Waals surface area contributed by atoms with E-state index in [9.17, 15) is 0 Å². The van der Waals surface area contributed by atoms with Gasteiger partial charge in [0, 0.05) is 15.6 Å². The van der Waals surface area contributed by atoms with Crippen molar-refractivity contribution in [3.63, 3.8) is 0 Å². The Morgan fingerprint density at radius 1 is 1.28 bits per heavy atom. The van der Waals surface area contributed by atoms with Gasteiger partial charge < -0.3 is 5.32 Å². The van der Waals surface area contributed by atoms with Crippen molar-refractivity contribution in [2.75, 3.05) is 5.32 Å². The summed E-state index contributed by atoms with van der Waals surface area (Å²) in [5, 5.41) is 6.66. The first-order valence-electron chi connectivity index (χ1n) is 6.31. The molecule has 1 aromatic heterocycles. The molecule has 18 heavy (non-hydrogen) atoms. The van der Waals surface area contributed by atoms with E-state index in [0.29, 0.717) is 6.04 Å². The van der Waals surface area contributed by atoms with Crippen LogP contribution in [0.2, 0.25) is 5.02 Å². The van der Waals surface area contributed by atoms with Crippen LogP contribution < -0.4 is 5.32 Å². The monoisotopic (exact) mass is 277 g/mol. The van der Waals surface area contributed by atoms with Gasteiger partial charge in [0.2, 0.25) is 0 Å². The number of halogens is 1. The van der Waals surface area contributed by atoms with E-state index in [1.807, 2.05) is 23.5 Å². The SMILES string of the molecule is Cc1c(Cl)cccc1NC(c1cccs1)C1CC1. The third-order valence-corrected chi connectivity index (χ3v) is 4.89. The van der Waals surface area contributed by atoms with Crippen molar-refractivity contribution in [1.82, 2.24) is 0 Å². The molecule has 94 valence electrons. The molecule has 1 nitrogen and oxygen atoms in total. The fourth-order valence-electron chi connectivity index (χ4n) is 2.25. The molecule has 1 N–H and O–H groups in total. The minimum atomic E-state index is 0.446. The largest absolute Gasteiger partial charge is 0.377 e. The van der Waals surface area contributed by atoms with Gasteiger partial charge in [-0.05, 0) is 54.8 Å². The summed E-state index contributed by atoms with van der Waals surface area (Å²) in [6.07, 6.45) is 2.66. The minimum Gasteiger partial charge on any atom is -0.377 e. The highest BCUT2D eigenvalue weighted by atomic mass is 35.5. The van der Waals surface area contributed by atoms with Crippen molar-refractivity contribution in [3.05, 3.63) is 51.2 Å². The van der Waals surface area contributed by atoms with Crippen LogP contribution in [0, 0.1) is 12.8 Å². The highest BCUT2D eigenvalue weighted by Crippen LogP contribution is 2.44. The quantitative estimate of drug-likeness (QED) is 0.802. The standard InChI is InChI=1S/C15H16ClNS/c1-10-12(16)4-2-5-13(10)17-15(11-7-8-11)14-6-3-9-18-14/h2-6,9,11,15,17H,7-8H2,1H3. The van der Waals surface area contributed by atoms with E-state index >= 15 is 0 Å². The summed E-state index contributed by atoms with van der Waals surface area (Å²) in [5.74, 6) is 0.780. The van der Waals surface area contributed by atoms with Crippen molar-refractivity contribution < 1.29 is 0 Å². The molecule has 1 heterocycles. The zero-order valence-corrected chi connectivity index (χ0v) is 11.9. The van der Waals surface area contributed by atoms with Crippen LogP contribution in [0.25, 0.3) is 0 Å². The van der Waals surface area contributed by atoms with Gasteiger partial charge in [0.1, 0.15) is 0 Å². The fraction of sp³-hybridized carbons (Fsp3) is 0.333. The average Bonchev–Trinajstić information content (AvgIpc) is 3.06. The smallest absolute Gasteiger partial charge is 0.0634 e. The van der Waals surface area contributed by atoms with Gasteiger partial charge in [-0.15, -0.1) is 11.3 Å². The predicted octanol–water partition coefficient (Wildman–Crippen LogP) is 5.27. The molecule has 0 bridgehead atoms. The molecule has 1 aliphatic rings. The van der Waals surface area contributed by atoms with E-state index in [4.69, 9.17) is 11.6 Å². The molecule has 2 aromatic rings. The fourth-order valence-corrected chi connectivity index (χ4v) is 3.29. The molecule has 0 radical (unpaired) electrons. The first-order valence-corrected chi connectivity index (χ1v) is 7.56. The summed E-state index contributed by atoms with van der Waals surface area (Å²) in [5.41, 5.74) is 2.30. The van der Waals surface area contributed by atoms with Crippen molar-refractivity contribution in [2.24, 2.45) is 5.92 Å². The maximum Gasteiger partial charge on any atom is 0.0634 e. The van der Waals surface area contributed by atoms with Crippen LogP contribution in [-0.2, 0) is 0 Å². The maximum atomic E-state index is 6.18. The molecule has 1 unspecified atom stereocenters. The maximum absolute atomic E-state index is 6.18. The number of thiophene rings is 1. The first-order chi connectivity index (χ1) is 8.75. The number of nitrogens with one attached hydrogen (secondary N) is 1. The van der Waals surface area contributed by atoms with Crippen molar-refractivity contribution >= 4 is 28.6 Å². The number of anilines is 1. The van der Waals surface area contributed by atoms with Gasteiger partial charge in [0.15, 0.2) is 0 Å². The van der Waals surface area contributed by atoms with Crippen molar-refractivity contribution in [3.8, 4) is 0 Å². The number of hydrogen-bond donors (Lipinski definition) is 1. The Kier molecular flexibility index (Phi) is 3.31. The van der Waals surface area contributed by atoms with Crippen LogP contribution in [0.1, 0.15) is 29.3 Å². The molecule has 1 aliphatic carbocycles. The van der Waals surface area contributed by atoms with E-state index in [2.05, 4.69) is 35.8 Å². The molecular formula is C15H16ClNS. The summed E-state index contributed by atoms with van der Waals surface area (Å²) in [6, 6.07) is 10.9. The Hall–Kier alpha value is -0.990. The zero-order chi connectivity index (χ0) is 12.5. The lowest BCUT2D eigenvalue weighted by Crippen LogP contribution is -2.12. The summed E-state index contributed by atoms with van der Waals surface area (Å²) in [4.78, 5) is 1.43. The van der Waals surface area contributed by atoms with Gasteiger partial charge in [0.25, 0.3) is 0 Å². The van der Waals surface area contributed by atoms with Crippen LogP contribution in [-0.4, -0.2) is 0 Å². The number of hydrogen-bond acceptors (Lipinski definition) is 2. The zero-order valence-electron chi connectivity index (χ0n) is 10.3. The van der Waals surface area contributed by atoms with E-state index in [-0.39, 0.29) is 0 Å². The highest BCUT2D eigenvalue weighted by Gasteiger charge is 2.33. The summed E-state index contributed by atoms with van der Waals surface area (Å²) >= 11 is 8.01. The lowest BCUT2D eigenvalue weighted by molar-refractivity contribution is 0.690. The van der Waals surface area contributed by atoms with Gasteiger partial charge in [-0.2, -0.15) is 0 Å². The van der Waals surface area contributed by atoms with E-state index in [0.717, 1.165) is 22.2 Å². The minimum absolute atomic E-state index is 0.446. The van der Waals surface area contributed by atoms with Crippen LogP contribution in [0.4, 0.5) is 5.69 Å². The second-order valence-electron chi connectivity index (χ2n) is 4.89. The molecule has 3 heteroatoms. The molecule has 1 aromatic carbocycles. The topological polar surface area (TPSA) is 12.0 Å². The third-order valence-electron chi connectivity index (χ3n) is 3.52. The Morgan fingerprint density at radius 2 is 2.11 bits per heavy atom. The van der Waals surface area contributed by atoms with Crippen molar-refractivity contribution in [1.29, 1.82) is 0 Å². The highest BCUT2D eigenvalue weighted by molar-refractivity contribution is 7.10. The van der Waals surface area contributed by atoms with E-state index in [1.165, 1.54) is 17.7 Å².